The fourth-order valence-electron chi connectivity index (χ4n) is 2.32. The molecule has 7 nitrogen and oxygen atoms in total. The maximum atomic E-state index is 12.7. The van der Waals surface area contributed by atoms with Crippen molar-refractivity contribution in [3.8, 4) is 0 Å². The first kappa shape index (κ1) is 16.2. The molecule has 8 heteroatoms. The molecule has 0 fully saturated rings. The minimum Gasteiger partial charge on any atom is -0.477 e. The summed E-state index contributed by atoms with van der Waals surface area (Å²) >= 11 is 0.995. The van der Waals surface area contributed by atoms with Crippen LogP contribution in [0.3, 0.4) is 0 Å². The quantitative estimate of drug-likeness (QED) is 0.864. The Balaban J connectivity index is 2.76. The van der Waals surface area contributed by atoms with Crippen molar-refractivity contribution in [2.45, 2.75) is 39.7 Å². The van der Waals surface area contributed by atoms with Crippen molar-refractivity contribution < 1.29 is 14.7 Å². The first-order valence-electron chi connectivity index (χ1n) is 6.79. The summed E-state index contributed by atoms with van der Waals surface area (Å²) in [5.74, 6) is -1.10. The predicted octanol–water partition coefficient (Wildman–Crippen LogP) is 1.46. The second kappa shape index (κ2) is 5.88. The van der Waals surface area contributed by atoms with E-state index >= 15 is 0 Å². The van der Waals surface area contributed by atoms with Gasteiger partial charge < -0.3 is 10.8 Å². The number of nitrogens with zero attached hydrogens (tertiary/aromatic N) is 2. The van der Waals surface area contributed by atoms with Crippen molar-refractivity contribution in [1.29, 1.82) is 0 Å². The summed E-state index contributed by atoms with van der Waals surface area (Å²) in [7, 11) is 0. The number of hydrogen-bond acceptors (Lipinski definition) is 5. The lowest BCUT2D eigenvalue weighted by atomic mass is 10.1. The molecule has 0 bridgehead atoms. The third-order valence-electron chi connectivity index (χ3n) is 3.37. The Kier molecular flexibility index (Phi) is 4.32. The number of carboxylic acid groups (broad SMARTS) is 1. The van der Waals surface area contributed by atoms with Gasteiger partial charge in [0.1, 0.15) is 15.5 Å². The number of carbonyl (C=O) groups excluding carboxylic acids is 1. The Morgan fingerprint density at radius 3 is 2.55 bits per heavy atom. The van der Waals surface area contributed by atoms with Crippen LogP contribution in [-0.4, -0.2) is 26.5 Å². The number of aryl methyl sites for hydroxylation is 1. The van der Waals surface area contributed by atoms with Gasteiger partial charge in [0, 0.05) is 18.9 Å². The van der Waals surface area contributed by atoms with Gasteiger partial charge in [-0.05, 0) is 12.5 Å². The molecule has 0 radical (unpaired) electrons. The fraction of sp³-hybridized carbons (Fsp3) is 0.429. The van der Waals surface area contributed by atoms with E-state index in [4.69, 9.17) is 5.73 Å². The zero-order valence-electron chi connectivity index (χ0n) is 12.5. The maximum Gasteiger partial charge on any atom is 0.346 e. The Bertz CT molecular complexity index is 820. The molecule has 0 spiro atoms. The Morgan fingerprint density at radius 1 is 1.41 bits per heavy atom. The van der Waals surface area contributed by atoms with Crippen LogP contribution >= 0.6 is 11.3 Å². The molecular weight excluding hydrogens is 306 g/mol. The number of primary amides is 1. The van der Waals surface area contributed by atoms with Gasteiger partial charge >= 0.3 is 5.97 Å². The van der Waals surface area contributed by atoms with E-state index < -0.39 is 11.9 Å². The molecule has 0 aliphatic rings. The van der Waals surface area contributed by atoms with Crippen LogP contribution in [0.2, 0.25) is 0 Å². The highest BCUT2D eigenvalue weighted by atomic mass is 32.1. The standard InChI is InChI=1S/C14H17N3O4S/c1-6(2)11-16-12-9(7(3)10(22-12)14(20)21)13(19)17(11)5-4-8(15)18/h6H,4-5H2,1-3H3,(H2,15,18)(H,20,21). The van der Waals surface area contributed by atoms with Gasteiger partial charge in [-0.2, -0.15) is 0 Å². The number of nitrogens with two attached hydrogens (primary N) is 1. The molecule has 0 saturated heterocycles. The molecule has 0 aliphatic heterocycles. The monoisotopic (exact) mass is 323 g/mol. The largest absolute Gasteiger partial charge is 0.477 e. The number of carboxylic acids is 1. The Morgan fingerprint density at radius 2 is 2.05 bits per heavy atom. The summed E-state index contributed by atoms with van der Waals surface area (Å²) in [6.07, 6.45) is 0.0295. The average Bonchev–Trinajstić information content (AvgIpc) is 2.74. The molecule has 2 aromatic rings. The van der Waals surface area contributed by atoms with Crippen molar-refractivity contribution in [1.82, 2.24) is 9.55 Å². The van der Waals surface area contributed by atoms with E-state index in [0.29, 0.717) is 21.6 Å². The summed E-state index contributed by atoms with van der Waals surface area (Å²) < 4.78 is 1.42. The number of thiophene rings is 1. The van der Waals surface area contributed by atoms with Crippen molar-refractivity contribution in [2.24, 2.45) is 5.73 Å². The molecule has 22 heavy (non-hydrogen) atoms. The first-order valence-corrected chi connectivity index (χ1v) is 7.61. The molecule has 0 aromatic carbocycles. The Labute approximate surface area is 130 Å². The maximum absolute atomic E-state index is 12.7. The average molecular weight is 323 g/mol. The van der Waals surface area contributed by atoms with Gasteiger partial charge in [-0.15, -0.1) is 11.3 Å². The van der Waals surface area contributed by atoms with E-state index in [9.17, 15) is 19.5 Å². The van der Waals surface area contributed by atoms with Crippen LogP contribution in [0.4, 0.5) is 0 Å². The topological polar surface area (TPSA) is 115 Å². The number of rotatable bonds is 5. The molecule has 0 saturated carbocycles. The summed E-state index contributed by atoms with van der Waals surface area (Å²) in [5, 5.41) is 9.50. The summed E-state index contributed by atoms with van der Waals surface area (Å²) in [4.78, 5) is 39.9. The third kappa shape index (κ3) is 2.74. The second-order valence-electron chi connectivity index (χ2n) is 5.34. The number of carbonyl (C=O) groups is 2. The van der Waals surface area contributed by atoms with Gasteiger partial charge in [0.15, 0.2) is 0 Å². The first-order chi connectivity index (χ1) is 10.2. The van der Waals surface area contributed by atoms with E-state index in [1.54, 1.807) is 6.92 Å². The van der Waals surface area contributed by atoms with Crippen LogP contribution in [0, 0.1) is 6.92 Å². The van der Waals surface area contributed by atoms with Crippen LogP contribution in [0.5, 0.6) is 0 Å². The number of fused-ring (bicyclic) bond motifs is 1. The van der Waals surface area contributed by atoms with E-state index in [1.807, 2.05) is 13.8 Å². The molecule has 3 N–H and O–H groups in total. The van der Waals surface area contributed by atoms with Gasteiger partial charge in [0.2, 0.25) is 5.91 Å². The van der Waals surface area contributed by atoms with Crippen LogP contribution in [0.25, 0.3) is 10.2 Å². The molecule has 2 heterocycles. The number of amides is 1. The Hall–Kier alpha value is -2.22. The van der Waals surface area contributed by atoms with Crippen LogP contribution in [0.1, 0.15) is 47.2 Å². The normalized spacial score (nSPS) is 11.3. The zero-order chi connectivity index (χ0) is 16.6. The highest BCUT2D eigenvalue weighted by Crippen LogP contribution is 2.28. The van der Waals surface area contributed by atoms with Gasteiger partial charge in [0.25, 0.3) is 5.56 Å². The van der Waals surface area contributed by atoms with Crippen molar-refractivity contribution in [3.05, 3.63) is 26.6 Å². The van der Waals surface area contributed by atoms with Crippen LogP contribution in [0.15, 0.2) is 4.79 Å². The lowest BCUT2D eigenvalue weighted by molar-refractivity contribution is -0.118. The van der Waals surface area contributed by atoms with Gasteiger partial charge in [0.05, 0.1) is 5.39 Å². The molecule has 0 aliphatic carbocycles. The molecule has 2 aromatic heterocycles. The second-order valence-corrected chi connectivity index (χ2v) is 6.34. The minimum absolute atomic E-state index is 0.0295. The summed E-state index contributed by atoms with van der Waals surface area (Å²) in [6.45, 7) is 5.50. The van der Waals surface area contributed by atoms with E-state index in [1.165, 1.54) is 4.57 Å². The zero-order valence-corrected chi connectivity index (χ0v) is 13.4. The van der Waals surface area contributed by atoms with Crippen molar-refractivity contribution in [3.63, 3.8) is 0 Å². The third-order valence-corrected chi connectivity index (χ3v) is 4.55. The number of aromatic carboxylic acids is 1. The molecule has 0 unspecified atom stereocenters. The smallest absolute Gasteiger partial charge is 0.346 e. The molecule has 1 amide bonds. The van der Waals surface area contributed by atoms with E-state index in [2.05, 4.69) is 4.98 Å². The van der Waals surface area contributed by atoms with E-state index in [-0.39, 0.29) is 29.3 Å². The lowest BCUT2D eigenvalue weighted by Crippen LogP contribution is -2.28. The molecular formula is C14H17N3O4S. The highest BCUT2D eigenvalue weighted by molar-refractivity contribution is 7.20. The van der Waals surface area contributed by atoms with Crippen molar-refractivity contribution in [2.75, 3.05) is 0 Å². The van der Waals surface area contributed by atoms with Crippen LogP contribution in [-0.2, 0) is 11.3 Å². The number of aromatic nitrogens is 2. The highest BCUT2D eigenvalue weighted by Gasteiger charge is 2.22. The SMILES string of the molecule is Cc1c(C(=O)O)sc2nc(C(C)C)n(CCC(N)=O)c(=O)c12. The van der Waals surface area contributed by atoms with Gasteiger partial charge in [-0.25, -0.2) is 9.78 Å². The van der Waals surface area contributed by atoms with Gasteiger partial charge in [-0.1, -0.05) is 13.8 Å². The fourth-order valence-corrected chi connectivity index (χ4v) is 3.33. The van der Waals surface area contributed by atoms with E-state index in [0.717, 1.165) is 11.3 Å². The summed E-state index contributed by atoms with van der Waals surface area (Å²) in [5.41, 5.74) is 5.24. The summed E-state index contributed by atoms with van der Waals surface area (Å²) in [6, 6.07) is 0. The predicted molar refractivity (Wildman–Crippen MR) is 83.5 cm³/mol. The lowest BCUT2D eigenvalue weighted by Gasteiger charge is -2.14. The van der Waals surface area contributed by atoms with Crippen molar-refractivity contribution >= 4 is 33.4 Å². The van der Waals surface area contributed by atoms with Gasteiger partial charge in [-0.3, -0.25) is 14.2 Å². The molecule has 0 atom stereocenters. The molecule has 118 valence electrons. The number of hydrogen-bond donors (Lipinski definition) is 2. The van der Waals surface area contributed by atoms with Crippen LogP contribution < -0.4 is 11.3 Å². The minimum atomic E-state index is -1.07. The molecule has 2 rings (SSSR count).